The van der Waals surface area contributed by atoms with Crippen LogP contribution in [0.4, 0.5) is 5.69 Å². The number of likely N-dealkylation sites (tertiary alicyclic amines) is 1. The van der Waals surface area contributed by atoms with E-state index < -0.39 is 11.9 Å². The Morgan fingerprint density at radius 1 is 1.07 bits per heavy atom. The lowest BCUT2D eigenvalue weighted by Gasteiger charge is -2.37. The standard InChI is InChI=1S/C31H33BrN6O5/c1-36-14-20(11-22(16-36)34-25-13-33-37(2)31(42)28(25)32)19-5-3-18(4-6-19)17-43-23-7-8-24-21(12-23)15-38(30(24)41)26-9-10-27(39)35-29(26)40/h3-8,12-13,20,22,26,34H,9-11,14-17H2,1-2H3,(H,35,39,40)/t20-,22+,26?/m0/s1. The summed E-state index contributed by atoms with van der Waals surface area (Å²) in [6, 6.07) is 13.4. The summed E-state index contributed by atoms with van der Waals surface area (Å²) >= 11 is 3.41. The van der Waals surface area contributed by atoms with Gasteiger partial charge in [0.2, 0.25) is 11.8 Å². The number of aromatic nitrogens is 2. The van der Waals surface area contributed by atoms with Crippen LogP contribution in [0.5, 0.6) is 5.75 Å². The highest BCUT2D eigenvalue weighted by atomic mass is 79.9. The quantitative estimate of drug-likeness (QED) is 0.375. The van der Waals surface area contributed by atoms with Crippen LogP contribution in [0.15, 0.2) is 57.9 Å². The second-order valence-corrected chi connectivity index (χ2v) is 12.3. The van der Waals surface area contributed by atoms with E-state index in [0.29, 0.717) is 47.0 Å². The number of carbonyl (C=O) groups is 3. The molecule has 2 N–H and O–H groups in total. The van der Waals surface area contributed by atoms with Gasteiger partial charge in [-0.3, -0.25) is 24.5 Å². The maximum Gasteiger partial charge on any atom is 0.282 e. The number of imide groups is 1. The summed E-state index contributed by atoms with van der Waals surface area (Å²) in [5.74, 6) is 0.0586. The second kappa shape index (κ2) is 11.9. The highest BCUT2D eigenvalue weighted by Crippen LogP contribution is 2.32. The number of hydrogen-bond acceptors (Lipinski definition) is 8. The van der Waals surface area contributed by atoms with E-state index in [-0.39, 0.29) is 29.8 Å². The zero-order valence-corrected chi connectivity index (χ0v) is 25.6. The van der Waals surface area contributed by atoms with E-state index in [1.54, 1.807) is 25.4 Å². The molecule has 2 fully saturated rings. The number of rotatable bonds is 7. The molecule has 43 heavy (non-hydrogen) atoms. The van der Waals surface area contributed by atoms with Gasteiger partial charge >= 0.3 is 0 Å². The number of piperidine rings is 2. The average molecular weight is 650 g/mol. The number of anilines is 1. The van der Waals surface area contributed by atoms with Crippen molar-refractivity contribution in [2.24, 2.45) is 7.05 Å². The van der Waals surface area contributed by atoms with Crippen molar-refractivity contribution in [3.8, 4) is 5.75 Å². The number of fused-ring (bicyclic) bond motifs is 1. The predicted octanol–water partition coefficient (Wildman–Crippen LogP) is 2.78. The van der Waals surface area contributed by atoms with Crippen molar-refractivity contribution in [3.63, 3.8) is 0 Å². The number of likely N-dealkylation sites (N-methyl/N-ethyl adjacent to an activating group) is 1. The number of nitrogens with one attached hydrogen (secondary N) is 2. The van der Waals surface area contributed by atoms with Crippen LogP contribution in [0.25, 0.3) is 0 Å². The molecule has 0 radical (unpaired) electrons. The molecule has 1 unspecified atom stereocenters. The minimum atomic E-state index is -0.637. The van der Waals surface area contributed by atoms with Crippen molar-refractivity contribution < 1.29 is 19.1 Å². The van der Waals surface area contributed by atoms with Gasteiger partial charge in [-0.2, -0.15) is 5.10 Å². The van der Waals surface area contributed by atoms with Gasteiger partial charge < -0.3 is 19.9 Å². The molecule has 0 saturated carbocycles. The van der Waals surface area contributed by atoms with Crippen molar-refractivity contribution in [2.75, 3.05) is 25.5 Å². The molecule has 0 bridgehead atoms. The maximum atomic E-state index is 12.9. The Morgan fingerprint density at radius 2 is 1.86 bits per heavy atom. The lowest BCUT2D eigenvalue weighted by molar-refractivity contribution is -0.136. The Morgan fingerprint density at radius 3 is 2.63 bits per heavy atom. The van der Waals surface area contributed by atoms with E-state index in [1.165, 1.54) is 15.1 Å². The zero-order chi connectivity index (χ0) is 30.2. The summed E-state index contributed by atoms with van der Waals surface area (Å²) in [6.45, 7) is 2.49. The fourth-order valence-corrected chi connectivity index (χ4v) is 6.66. The van der Waals surface area contributed by atoms with Gasteiger partial charge in [-0.15, -0.1) is 0 Å². The Kier molecular flexibility index (Phi) is 8.06. The van der Waals surface area contributed by atoms with E-state index in [0.717, 1.165) is 30.6 Å². The molecule has 0 spiro atoms. The molecule has 2 saturated heterocycles. The first-order chi connectivity index (χ1) is 20.7. The number of halogens is 1. The van der Waals surface area contributed by atoms with Gasteiger partial charge in [0.15, 0.2) is 0 Å². The van der Waals surface area contributed by atoms with Gasteiger partial charge in [0.25, 0.3) is 11.5 Å². The molecule has 3 atom stereocenters. The Labute approximate surface area is 257 Å². The van der Waals surface area contributed by atoms with Crippen molar-refractivity contribution in [2.45, 2.75) is 50.4 Å². The molecule has 4 heterocycles. The van der Waals surface area contributed by atoms with Crippen LogP contribution < -0.4 is 20.9 Å². The summed E-state index contributed by atoms with van der Waals surface area (Å²) in [7, 11) is 3.73. The smallest absolute Gasteiger partial charge is 0.282 e. The second-order valence-electron chi connectivity index (χ2n) is 11.5. The molecule has 3 aliphatic rings. The minimum absolute atomic E-state index is 0.162. The number of hydrogen-bond donors (Lipinski definition) is 2. The lowest BCUT2D eigenvalue weighted by Crippen LogP contribution is -2.52. The fourth-order valence-electron chi connectivity index (χ4n) is 6.19. The SMILES string of the molecule is CN1C[C@H](Nc2cnn(C)c(=O)c2Br)C[C@H](c2ccc(COc3ccc4c(c3)CN(C3CCC(=O)NC3=O)C4=O)cc2)C1. The number of benzene rings is 2. The summed E-state index contributed by atoms with van der Waals surface area (Å²) in [4.78, 5) is 52.9. The Hall–Kier alpha value is -4.03. The number of amides is 3. The molecule has 1 aromatic heterocycles. The number of ether oxygens (including phenoxy) is 1. The van der Waals surface area contributed by atoms with Crippen molar-refractivity contribution in [1.29, 1.82) is 0 Å². The van der Waals surface area contributed by atoms with Crippen LogP contribution in [0.1, 0.15) is 52.2 Å². The first-order valence-corrected chi connectivity index (χ1v) is 15.1. The van der Waals surface area contributed by atoms with Gasteiger partial charge in [-0.1, -0.05) is 24.3 Å². The zero-order valence-electron chi connectivity index (χ0n) is 24.0. The van der Waals surface area contributed by atoms with Gasteiger partial charge in [0.05, 0.1) is 11.9 Å². The summed E-state index contributed by atoms with van der Waals surface area (Å²) in [5, 5.41) is 9.97. The Balaban J connectivity index is 1.06. The monoisotopic (exact) mass is 648 g/mol. The van der Waals surface area contributed by atoms with E-state index in [4.69, 9.17) is 4.74 Å². The first-order valence-electron chi connectivity index (χ1n) is 14.3. The van der Waals surface area contributed by atoms with Crippen molar-refractivity contribution in [1.82, 2.24) is 24.9 Å². The summed E-state index contributed by atoms with van der Waals surface area (Å²) in [5.41, 5.74) is 4.17. The van der Waals surface area contributed by atoms with Crippen LogP contribution in [-0.2, 0) is 29.8 Å². The van der Waals surface area contributed by atoms with Gasteiger partial charge in [0, 0.05) is 44.7 Å². The van der Waals surface area contributed by atoms with Crippen LogP contribution in [-0.4, -0.2) is 69.5 Å². The molecule has 6 rings (SSSR count). The molecule has 3 aliphatic heterocycles. The topological polar surface area (TPSA) is 126 Å². The van der Waals surface area contributed by atoms with Gasteiger partial charge in [-0.25, -0.2) is 4.68 Å². The minimum Gasteiger partial charge on any atom is -0.489 e. The molecule has 12 heteroatoms. The number of aryl methyl sites for hydroxylation is 1. The van der Waals surface area contributed by atoms with E-state index >= 15 is 0 Å². The third-order valence-corrected chi connectivity index (χ3v) is 9.19. The molecule has 11 nitrogen and oxygen atoms in total. The highest BCUT2D eigenvalue weighted by Gasteiger charge is 2.39. The number of nitrogens with zero attached hydrogens (tertiary/aromatic N) is 4. The lowest BCUT2D eigenvalue weighted by atomic mass is 9.88. The highest BCUT2D eigenvalue weighted by molar-refractivity contribution is 9.10. The molecular formula is C31H33BrN6O5. The van der Waals surface area contributed by atoms with Crippen LogP contribution >= 0.6 is 15.9 Å². The normalized spacial score (nSPS) is 22.3. The van der Waals surface area contributed by atoms with Gasteiger partial charge in [-0.05, 0) is 76.6 Å². The first kappa shape index (κ1) is 29.1. The predicted molar refractivity (Wildman–Crippen MR) is 163 cm³/mol. The largest absolute Gasteiger partial charge is 0.489 e. The van der Waals surface area contributed by atoms with Crippen molar-refractivity contribution >= 4 is 39.3 Å². The van der Waals surface area contributed by atoms with Crippen LogP contribution in [0, 0.1) is 0 Å². The van der Waals surface area contributed by atoms with Gasteiger partial charge in [0.1, 0.15) is 22.9 Å². The van der Waals surface area contributed by atoms with E-state index in [1.807, 2.05) is 6.07 Å². The van der Waals surface area contributed by atoms with E-state index in [9.17, 15) is 19.2 Å². The summed E-state index contributed by atoms with van der Waals surface area (Å²) in [6.07, 6.45) is 3.16. The third kappa shape index (κ3) is 6.07. The Bertz CT molecular complexity index is 1640. The molecule has 2 aromatic carbocycles. The average Bonchev–Trinajstić information content (AvgIpc) is 3.31. The third-order valence-electron chi connectivity index (χ3n) is 8.42. The summed E-state index contributed by atoms with van der Waals surface area (Å²) < 4.78 is 7.87. The van der Waals surface area contributed by atoms with E-state index in [2.05, 4.69) is 67.9 Å². The molecule has 224 valence electrons. The molecule has 3 aromatic rings. The molecular weight excluding hydrogens is 616 g/mol. The molecule has 3 amide bonds. The van der Waals surface area contributed by atoms with Crippen LogP contribution in [0.3, 0.4) is 0 Å². The fraction of sp³-hybridized carbons (Fsp3) is 0.387. The van der Waals surface area contributed by atoms with Crippen LogP contribution in [0.2, 0.25) is 0 Å². The van der Waals surface area contributed by atoms with Crippen molar-refractivity contribution in [3.05, 3.63) is 85.7 Å². The molecule has 0 aliphatic carbocycles. The number of carbonyl (C=O) groups excluding carboxylic acids is 3. The maximum absolute atomic E-state index is 12.9.